The molecule has 1 aromatic carbocycles. The average Bonchev–Trinajstić information content (AvgIpc) is 3.13. The molecule has 8 nitrogen and oxygen atoms in total. The van der Waals surface area contributed by atoms with Crippen LogP contribution < -0.4 is 4.80 Å². The van der Waals surface area contributed by atoms with Gasteiger partial charge in [-0.15, -0.1) is 0 Å². The first-order valence-corrected chi connectivity index (χ1v) is 9.27. The predicted octanol–water partition coefficient (Wildman–Crippen LogP) is 1.41. The Hall–Kier alpha value is -2.52. The predicted molar refractivity (Wildman–Crippen MR) is 98.1 cm³/mol. The van der Waals surface area contributed by atoms with E-state index < -0.39 is 18.4 Å². The third kappa shape index (κ3) is 3.79. The summed E-state index contributed by atoms with van der Waals surface area (Å²) in [6, 6.07) is 3.51. The number of fused-ring (bicyclic) bond motifs is 1. The van der Waals surface area contributed by atoms with Gasteiger partial charge in [0.25, 0.3) is 5.91 Å². The number of benzene rings is 1. The second kappa shape index (κ2) is 7.61. The van der Waals surface area contributed by atoms with Gasteiger partial charge in [0, 0.05) is 17.9 Å². The monoisotopic (exact) mass is 409 g/mol. The molecule has 0 bridgehead atoms. The van der Waals surface area contributed by atoms with Crippen molar-refractivity contribution in [1.29, 1.82) is 0 Å². The fourth-order valence-electron chi connectivity index (χ4n) is 2.82. The van der Waals surface area contributed by atoms with Crippen molar-refractivity contribution in [3.63, 3.8) is 0 Å². The Kier molecular flexibility index (Phi) is 5.43. The largest absolute Gasteiger partial charge is 0.468 e. The van der Waals surface area contributed by atoms with E-state index >= 15 is 0 Å². The molecule has 2 heterocycles. The molecule has 1 saturated heterocycles. The SMILES string of the molecule is COC(=O)Cn1c(=NC(=O)CN2C(=O)CCC2=O)sc2ccc(Cl)c(C)c21. The lowest BCUT2D eigenvalue weighted by Gasteiger charge is -2.10. The van der Waals surface area contributed by atoms with Crippen LogP contribution in [-0.4, -0.2) is 46.8 Å². The lowest BCUT2D eigenvalue weighted by atomic mass is 10.2. The lowest BCUT2D eigenvalue weighted by Crippen LogP contribution is -2.34. The number of carbonyl (C=O) groups excluding carboxylic acids is 4. The molecular formula is C17H16ClN3O5S. The Morgan fingerprint density at radius 2 is 1.89 bits per heavy atom. The molecule has 0 N–H and O–H groups in total. The van der Waals surface area contributed by atoms with Gasteiger partial charge >= 0.3 is 5.97 Å². The molecule has 1 fully saturated rings. The molecule has 0 radical (unpaired) electrons. The van der Waals surface area contributed by atoms with Crippen LogP contribution in [0.2, 0.25) is 5.02 Å². The summed E-state index contributed by atoms with van der Waals surface area (Å²) in [5, 5.41) is 0.519. The number of likely N-dealkylation sites (tertiary alicyclic amines) is 1. The smallest absolute Gasteiger partial charge is 0.325 e. The van der Waals surface area contributed by atoms with Crippen molar-refractivity contribution < 1.29 is 23.9 Å². The maximum Gasteiger partial charge on any atom is 0.325 e. The first kappa shape index (κ1) is 19.2. The van der Waals surface area contributed by atoms with Gasteiger partial charge in [-0.3, -0.25) is 24.1 Å². The highest BCUT2D eigenvalue weighted by Gasteiger charge is 2.30. The van der Waals surface area contributed by atoms with Gasteiger partial charge in [-0.25, -0.2) is 0 Å². The zero-order valence-electron chi connectivity index (χ0n) is 14.7. The standard InChI is InChI=1S/C17H16ClN3O5S/c1-9-10(18)3-4-11-16(9)21(8-15(25)26-2)17(27-11)19-12(22)7-20-13(23)5-6-14(20)24/h3-4H,5-8H2,1-2H3. The van der Waals surface area contributed by atoms with Crippen LogP contribution >= 0.6 is 22.9 Å². The van der Waals surface area contributed by atoms with Gasteiger partial charge in [-0.05, 0) is 24.6 Å². The fraction of sp³-hybridized carbons (Fsp3) is 0.353. The van der Waals surface area contributed by atoms with Gasteiger partial charge in [-0.2, -0.15) is 4.99 Å². The minimum absolute atomic E-state index is 0.106. The first-order chi connectivity index (χ1) is 12.8. The number of carbonyl (C=O) groups is 4. The number of imide groups is 1. The Balaban J connectivity index is 2.05. The highest BCUT2D eigenvalue weighted by Crippen LogP contribution is 2.27. The molecule has 0 atom stereocenters. The number of hydrogen-bond acceptors (Lipinski definition) is 6. The van der Waals surface area contributed by atoms with Crippen molar-refractivity contribution in [3.8, 4) is 0 Å². The van der Waals surface area contributed by atoms with Gasteiger partial charge in [-0.1, -0.05) is 22.9 Å². The second-order valence-corrected chi connectivity index (χ2v) is 7.36. The normalized spacial score (nSPS) is 15.1. The van der Waals surface area contributed by atoms with Crippen LogP contribution in [-0.2, 0) is 30.5 Å². The molecule has 1 aliphatic rings. The molecule has 10 heteroatoms. The Morgan fingerprint density at radius 3 is 2.52 bits per heavy atom. The number of aryl methyl sites for hydroxylation is 1. The summed E-state index contributed by atoms with van der Waals surface area (Å²) in [5.41, 5.74) is 1.42. The van der Waals surface area contributed by atoms with E-state index in [2.05, 4.69) is 4.99 Å². The van der Waals surface area contributed by atoms with Crippen LogP contribution in [0.25, 0.3) is 10.2 Å². The highest BCUT2D eigenvalue weighted by atomic mass is 35.5. The van der Waals surface area contributed by atoms with Crippen molar-refractivity contribution in [1.82, 2.24) is 9.47 Å². The number of esters is 1. The Morgan fingerprint density at radius 1 is 1.22 bits per heavy atom. The van der Waals surface area contributed by atoms with Crippen LogP contribution in [0.5, 0.6) is 0 Å². The number of rotatable bonds is 4. The van der Waals surface area contributed by atoms with Gasteiger partial charge in [0.15, 0.2) is 4.80 Å². The molecular weight excluding hydrogens is 394 g/mol. The zero-order valence-corrected chi connectivity index (χ0v) is 16.2. The van der Waals surface area contributed by atoms with E-state index in [4.69, 9.17) is 16.3 Å². The third-order valence-corrected chi connectivity index (χ3v) is 5.67. The maximum atomic E-state index is 12.3. The highest BCUT2D eigenvalue weighted by molar-refractivity contribution is 7.16. The summed E-state index contributed by atoms with van der Waals surface area (Å²) in [5.74, 6) is -1.92. The third-order valence-electron chi connectivity index (χ3n) is 4.21. The van der Waals surface area contributed by atoms with Crippen molar-refractivity contribution in [2.24, 2.45) is 4.99 Å². The summed E-state index contributed by atoms with van der Waals surface area (Å²) >= 11 is 7.39. The van der Waals surface area contributed by atoms with E-state index in [1.54, 1.807) is 23.6 Å². The average molecular weight is 410 g/mol. The van der Waals surface area contributed by atoms with E-state index in [-0.39, 0.29) is 36.0 Å². The molecule has 1 aromatic heterocycles. The van der Waals surface area contributed by atoms with Gasteiger partial charge in [0.2, 0.25) is 11.8 Å². The molecule has 3 amide bonds. The molecule has 3 rings (SSSR count). The Labute approximate surface area is 163 Å². The number of nitrogens with zero attached hydrogens (tertiary/aromatic N) is 3. The maximum absolute atomic E-state index is 12.3. The fourth-order valence-corrected chi connectivity index (χ4v) is 4.08. The van der Waals surface area contributed by atoms with E-state index in [1.165, 1.54) is 18.4 Å². The topological polar surface area (TPSA) is 98.0 Å². The van der Waals surface area contributed by atoms with Gasteiger partial charge in [0.1, 0.15) is 13.1 Å². The van der Waals surface area contributed by atoms with Crippen LogP contribution in [0.15, 0.2) is 17.1 Å². The second-order valence-electron chi connectivity index (χ2n) is 5.95. The van der Waals surface area contributed by atoms with E-state index in [0.29, 0.717) is 10.5 Å². The number of ether oxygens (including phenoxy) is 1. The summed E-state index contributed by atoms with van der Waals surface area (Å²) < 4.78 is 7.07. The lowest BCUT2D eigenvalue weighted by molar-refractivity contribution is -0.142. The molecule has 27 heavy (non-hydrogen) atoms. The summed E-state index contributed by atoms with van der Waals surface area (Å²) in [7, 11) is 1.27. The zero-order chi connectivity index (χ0) is 19.7. The number of hydrogen-bond donors (Lipinski definition) is 0. The Bertz CT molecular complexity index is 1020. The van der Waals surface area contributed by atoms with Crippen molar-refractivity contribution >= 4 is 56.8 Å². The van der Waals surface area contributed by atoms with Crippen molar-refractivity contribution in [3.05, 3.63) is 27.5 Å². The molecule has 0 saturated carbocycles. The molecule has 0 unspecified atom stereocenters. The number of halogens is 1. The van der Waals surface area contributed by atoms with E-state index in [9.17, 15) is 19.2 Å². The minimum atomic E-state index is -0.646. The van der Waals surface area contributed by atoms with Crippen molar-refractivity contribution in [2.45, 2.75) is 26.3 Å². The molecule has 2 aromatic rings. The van der Waals surface area contributed by atoms with Crippen molar-refractivity contribution in [2.75, 3.05) is 13.7 Å². The number of methoxy groups -OCH3 is 1. The molecule has 0 spiro atoms. The molecule has 142 valence electrons. The number of thiazole rings is 1. The van der Waals surface area contributed by atoms with Crippen LogP contribution in [0, 0.1) is 6.92 Å². The number of aromatic nitrogens is 1. The van der Waals surface area contributed by atoms with Crippen LogP contribution in [0.4, 0.5) is 0 Å². The molecule has 1 aliphatic heterocycles. The summed E-state index contributed by atoms with van der Waals surface area (Å²) in [4.78, 5) is 52.7. The van der Waals surface area contributed by atoms with Gasteiger partial charge < -0.3 is 9.30 Å². The number of amides is 3. The van der Waals surface area contributed by atoms with E-state index in [0.717, 1.165) is 15.2 Å². The van der Waals surface area contributed by atoms with Crippen LogP contribution in [0.3, 0.4) is 0 Å². The minimum Gasteiger partial charge on any atom is -0.468 e. The van der Waals surface area contributed by atoms with Crippen LogP contribution in [0.1, 0.15) is 18.4 Å². The van der Waals surface area contributed by atoms with E-state index in [1.807, 2.05) is 0 Å². The first-order valence-electron chi connectivity index (χ1n) is 8.08. The summed E-state index contributed by atoms with van der Waals surface area (Å²) in [6.45, 7) is 1.24. The summed E-state index contributed by atoms with van der Waals surface area (Å²) in [6.07, 6.45) is 0.212. The molecule has 0 aliphatic carbocycles. The quantitative estimate of drug-likeness (QED) is 0.561. The van der Waals surface area contributed by atoms with Gasteiger partial charge in [0.05, 0.1) is 17.3 Å².